The van der Waals surface area contributed by atoms with Crippen molar-refractivity contribution in [1.29, 1.82) is 0 Å². The van der Waals surface area contributed by atoms with Crippen LogP contribution in [0.15, 0.2) is 46.2 Å². The van der Waals surface area contributed by atoms with Gasteiger partial charge in [0.2, 0.25) is 0 Å². The molecule has 0 atom stereocenters. The van der Waals surface area contributed by atoms with Crippen molar-refractivity contribution in [3.05, 3.63) is 57.8 Å². The van der Waals surface area contributed by atoms with Crippen LogP contribution >= 0.6 is 11.3 Å². The second kappa shape index (κ2) is 5.87. The minimum atomic E-state index is -4.48. The van der Waals surface area contributed by atoms with Crippen LogP contribution in [-0.4, -0.2) is 12.1 Å². The summed E-state index contributed by atoms with van der Waals surface area (Å²) in [6.45, 7) is 0. The summed E-state index contributed by atoms with van der Waals surface area (Å²) in [5.74, 6) is -0.692. The highest BCUT2D eigenvalue weighted by Gasteiger charge is 2.30. The molecule has 3 nitrogen and oxygen atoms in total. The molecule has 0 fully saturated rings. The Morgan fingerprint density at radius 3 is 2.75 bits per heavy atom. The van der Waals surface area contributed by atoms with Crippen LogP contribution in [0.3, 0.4) is 0 Å². The van der Waals surface area contributed by atoms with Gasteiger partial charge in [-0.25, -0.2) is 5.43 Å². The minimum Gasteiger partial charge on any atom is -0.267 e. The number of amides is 1. The normalized spacial score (nSPS) is 11.8. The van der Waals surface area contributed by atoms with Crippen molar-refractivity contribution >= 4 is 23.5 Å². The summed E-state index contributed by atoms with van der Waals surface area (Å²) in [6, 6.07) is 5.97. The second-order valence-corrected chi connectivity index (χ2v) is 4.61. The molecule has 0 radical (unpaired) electrons. The Bertz CT molecular complexity index is 621. The quantitative estimate of drug-likeness (QED) is 0.683. The van der Waals surface area contributed by atoms with Gasteiger partial charge in [-0.15, -0.1) is 0 Å². The molecule has 0 spiro atoms. The highest BCUT2D eigenvalue weighted by Crippen LogP contribution is 2.29. The van der Waals surface area contributed by atoms with Crippen LogP contribution in [0.4, 0.5) is 13.2 Å². The first-order chi connectivity index (χ1) is 9.47. The second-order valence-electron chi connectivity index (χ2n) is 3.83. The number of carbonyl (C=O) groups excluding carboxylic acids is 1. The molecule has 7 heteroatoms. The molecule has 1 amide bonds. The molecule has 1 aromatic heterocycles. The van der Waals surface area contributed by atoms with Gasteiger partial charge >= 0.3 is 6.18 Å². The van der Waals surface area contributed by atoms with E-state index in [9.17, 15) is 18.0 Å². The number of hydrogen-bond acceptors (Lipinski definition) is 3. The Morgan fingerprint density at radius 2 is 2.10 bits per heavy atom. The molecule has 2 aromatic rings. The molecule has 20 heavy (non-hydrogen) atoms. The summed E-state index contributed by atoms with van der Waals surface area (Å²) >= 11 is 1.47. The predicted molar refractivity (Wildman–Crippen MR) is 70.8 cm³/mol. The fourth-order valence-corrected chi connectivity index (χ4v) is 2.03. The SMILES string of the molecule is O=C(N/N=C\c1ccsc1)c1cccc(C(F)(F)F)c1. The van der Waals surface area contributed by atoms with Gasteiger partial charge in [0, 0.05) is 11.1 Å². The van der Waals surface area contributed by atoms with E-state index in [0.29, 0.717) is 0 Å². The van der Waals surface area contributed by atoms with Crippen LogP contribution in [-0.2, 0) is 6.18 Å². The number of carbonyl (C=O) groups is 1. The summed E-state index contributed by atoms with van der Waals surface area (Å²) in [7, 11) is 0. The van der Waals surface area contributed by atoms with E-state index in [-0.39, 0.29) is 5.56 Å². The van der Waals surface area contributed by atoms with Crippen LogP contribution in [0.5, 0.6) is 0 Å². The Hall–Kier alpha value is -2.15. The van der Waals surface area contributed by atoms with Crippen LogP contribution in [0.1, 0.15) is 21.5 Å². The molecular formula is C13H9F3N2OS. The molecule has 1 aromatic carbocycles. The zero-order valence-corrected chi connectivity index (χ0v) is 10.8. The predicted octanol–water partition coefficient (Wildman–Crippen LogP) is 3.53. The lowest BCUT2D eigenvalue weighted by atomic mass is 10.1. The molecule has 0 saturated carbocycles. The van der Waals surface area contributed by atoms with Crippen molar-refractivity contribution in [3.63, 3.8) is 0 Å². The fraction of sp³-hybridized carbons (Fsp3) is 0.0769. The number of nitrogens with zero attached hydrogens (tertiary/aromatic N) is 1. The molecule has 1 heterocycles. The van der Waals surface area contributed by atoms with Gasteiger partial charge in [0.1, 0.15) is 0 Å². The van der Waals surface area contributed by atoms with Crippen LogP contribution in [0.2, 0.25) is 0 Å². The summed E-state index contributed by atoms with van der Waals surface area (Å²) in [6.07, 6.45) is -3.06. The van der Waals surface area contributed by atoms with Crippen molar-refractivity contribution in [3.8, 4) is 0 Å². The summed E-state index contributed by atoms with van der Waals surface area (Å²) in [5, 5.41) is 7.35. The van der Waals surface area contributed by atoms with Crippen molar-refractivity contribution in [2.24, 2.45) is 5.10 Å². The number of nitrogens with one attached hydrogen (secondary N) is 1. The molecule has 0 bridgehead atoms. The van der Waals surface area contributed by atoms with E-state index in [1.165, 1.54) is 29.7 Å². The summed E-state index contributed by atoms with van der Waals surface area (Å²) in [4.78, 5) is 11.7. The maximum Gasteiger partial charge on any atom is 0.416 e. The van der Waals surface area contributed by atoms with Crippen LogP contribution < -0.4 is 5.43 Å². The number of rotatable bonds is 3. The van der Waals surface area contributed by atoms with Gasteiger partial charge < -0.3 is 0 Å². The topological polar surface area (TPSA) is 41.5 Å². The molecule has 0 unspecified atom stereocenters. The largest absolute Gasteiger partial charge is 0.416 e. The van der Waals surface area contributed by atoms with Crippen molar-refractivity contribution < 1.29 is 18.0 Å². The highest BCUT2D eigenvalue weighted by atomic mass is 32.1. The van der Waals surface area contributed by atoms with E-state index < -0.39 is 17.6 Å². The average molecular weight is 298 g/mol. The van der Waals surface area contributed by atoms with E-state index in [0.717, 1.165) is 17.7 Å². The van der Waals surface area contributed by atoms with Gasteiger partial charge in [-0.05, 0) is 35.0 Å². The molecule has 0 aliphatic heterocycles. The lowest BCUT2D eigenvalue weighted by molar-refractivity contribution is -0.137. The smallest absolute Gasteiger partial charge is 0.267 e. The van der Waals surface area contributed by atoms with E-state index in [2.05, 4.69) is 10.5 Å². The summed E-state index contributed by atoms with van der Waals surface area (Å²) in [5.41, 5.74) is 2.02. The van der Waals surface area contributed by atoms with Crippen LogP contribution in [0.25, 0.3) is 0 Å². The number of thiophene rings is 1. The lowest BCUT2D eigenvalue weighted by Crippen LogP contribution is -2.18. The van der Waals surface area contributed by atoms with Crippen molar-refractivity contribution in [2.45, 2.75) is 6.18 Å². The Kier molecular flexibility index (Phi) is 4.19. The Balaban J connectivity index is 2.06. The first kappa shape index (κ1) is 14.3. The minimum absolute atomic E-state index is 0.0951. The standard InChI is InChI=1S/C13H9F3N2OS/c14-13(15,16)11-3-1-2-10(6-11)12(19)18-17-7-9-4-5-20-8-9/h1-8H,(H,18,19)/b17-7-. The molecule has 1 N–H and O–H groups in total. The molecular weight excluding hydrogens is 289 g/mol. The van der Waals surface area contributed by atoms with Crippen molar-refractivity contribution in [1.82, 2.24) is 5.43 Å². The third-order valence-electron chi connectivity index (χ3n) is 2.37. The van der Waals surface area contributed by atoms with E-state index >= 15 is 0 Å². The zero-order chi connectivity index (χ0) is 14.6. The molecule has 104 valence electrons. The van der Waals surface area contributed by atoms with Gasteiger partial charge in [0.05, 0.1) is 11.8 Å². The van der Waals surface area contributed by atoms with E-state index in [1.54, 1.807) is 6.07 Å². The molecule has 0 saturated heterocycles. The van der Waals surface area contributed by atoms with Gasteiger partial charge in [0.15, 0.2) is 0 Å². The number of hydrazone groups is 1. The van der Waals surface area contributed by atoms with Gasteiger partial charge in [-0.3, -0.25) is 4.79 Å². The zero-order valence-electron chi connectivity index (χ0n) is 10.0. The Labute approximate surface area is 116 Å². The number of alkyl halides is 3. The molecule has 2 rings (SSSR count). The molecule has 0 aliphatic carbocycles. The first-order valence-corrected chi connectivity index (χ1v) is 6.44. The average Bonchev–Trinajstić information content (AvgIpc) is 2.91. The summed E-state index contributed by atoms with van der Waals surface area (Å²) < 4.78 is 37.5. The highest BCUT2D eigenvalue weighted by molar-refractivity contribution is 7.08. The fourth-order valence-electron chi connectivity index (χ4n) is 1.42. The first-order valence-electron chi connectivity index (χ1n) is 5.50. The third kappa shape index (κ3) is 3.67. The Morgan fingerprint density at radius 1 is 1.30 bits per heavy atom. The van der Waals surface area contributed by atoms with Gasteiger partial charge in [-0.2, -0.15) is 29.6 Å². The molecule has 0 aliphatic rings. The van der Waals surface area contributed by atoms with Gasteiger partial charge in [0.25, 0.3) is 5.91 Å². The van der Waals surface area contributed by atoms with E-state index in [1.807, 2.05) is 10.8 Å². The number of hydrogen-bond donors (Lipinski definition) is 1. The van der Waals surface area contributed by atoms with E-state index in [4.69, 9.17) is 0 Å². The monoisotopic (exact) mass is 298 g/mol. The number of benzene rings is 1. The third-order valence-corrected chi connectivity index (χ3v) is 3.08. The maximum absolute atomic E-state index is 12.5. The van der Waals surface area contributed by atoms with Crippen molar-refractivity contribution in [2.75, 3.05) is 0 Å². The van der Waals surface area contributed by atoms with Crippen LogP contribution in [0, 0.1) is 0 Å². The van der Waals surface area contributed by atoms with Gasteiger partial charge in [-0.1, -0.05) is 6.07 Å². The lowest BCUT2D eigenvalue weighted by Gasteiger charge is -2.07. The number of halogens is 3. The maximum atomic E-state index is 12.5.